The van der Waals surface area contributed by atoms with Crippen molar-refractivity contribution in [1.82, 2.24) is 9.71 Å². The number of aromatic nitrogens is 1. The van der Waals surface area contributed by atoms with Gasteiger partial charge in [0.15, 0.2) is 0 Å². The van der Waals surface area contributed by atoms with E-state index < -0.39 is 16.1 Å². The average Bonchev–Trinajstić information content (AvgIpc) is 2.29. The smallest absolute Gasteiger partial charge is 0.247 e. The van der Waals surface area contributed by atoms with Crippen molar-refractivity contribution in [2.75, 3.05) is 6.54 Å². The van der Waals surface area contributed by atoms with Crippen LogP contribution in [0.5, 0.6) is 0 Å². The van der Waals surface area contributed by atoms with Gasteiger partial charge in [0.2, 0.25) is 15.6 Å². The summed E-state index contributed by atoms with van der Waals surface area (Å²) in [6.45, 7) is 1.98. The molecule has 0 amide bonds. The second-order valence-corrected chi connectivity index (χ2v) is 5.40. The lowest BCUT2D eigenvalue weighted by Crippen LogP contribution is -2.27. The molecule has 1 aromatic heterocycles. The number of aliphatic hydroxyl groups is 1. The minimum atomic E-state index is -3.61. The molecule has 0 aliphatic heterocycles. The van der Waals surface area contributed by atoms with Gasteiger partial charge in [-0.25, -0.2) is 13.1 Å². The molecule has 1 atom stereocenters. The number of aromatic amines is 1. The van der Waals surface area contributed by atoms with Gasteiger partial charge in [-0.3, -0.25) is 4.79 Å². The number of aliphatic hydroxyl groups excluding tert-OH is 1. The maximum atomic E-state index is 11.7. The van der Waals surface area contributed by atoms with E-state index in [9.17, 15) is 18.3 Å². The van der Waals surface area contributed by atoms with E-state index >= 15 is 0 Å². The van der Waals surface area contributed by atoms with Crippen molar-refractivity contribution in [2.45, 2.75) is 30.8 Å². The highest BCUT2D eigenvalue weighted by molar-refractivity contribution is 7.89. The van der Waals surface area contributed by atoms with Crippen LogP contribution in [-0.2, 0) is 10.0 Å². The predicted molar refractivity (Wildman–Crippen MR) is 63.2 cm³/mol. The zero-order chi connectivity index (χ0) is 12.9. The first-order chi connectivity index (χ1) is 7.95. The summed E-state index contributed by atoms with van der Waals surface area (Å²) in [6.07, 6.45) is 1.58. The third kappa shape index (κ3) is 4.29. The lowest BCUT2D eigenvalue weighted by molar-refractivity contribution is 0.162. The van der Waals surface area contributed by atoms with Crippen molar-refractivity contribution in [2.24, 2.45) is 0 Å². The molecule has 1 heterocycles. The highest BCUT2D eigenvalue weighted by atomic mass is 32.2. The second kappa shape index (κ2) is 5.95. The van der Waals surface area contributed by atoms with Crippen LogP contribution in [0.4, 0.5) is 0 Å². The van der Waals surface area contributed by atoms with Gasteiger partial charge in [-0.15, -0.1) is 0 Å². The second-order valence-electron chi connectivity index (χ2n) is 3.64. The quantitative estimate of drug-likeness (QED) is 0.660. The molecule has 17 heavy (non-hydrogen) atoms. The van der Waals surface area contributed by atoms with E-state index in [2.05, 4.69) is 9.71 Å². The SMILES string of the molecule is CCC(O)CCNS(=O)(=O)c1ccc(=O)[nH]c1. The van der Waals surface area contributed by atoms with Crippen molar-refractivity contribution in [3.05, 3.63) is 28.7 Å². The molecule has 0 radical (unpaired) electrons. The fourth-order valence-electron chi connectivity index (χ4n) is 1.21. The van der Waals surface area contributed by atoms with Crippen LogP contribution in [0, 0.1) is 0 Å². The van der Waals surface area contributed by atoms with Gasteiger partial charge in [-0.1, -0.05) is 6.92 Å². The monoisotopic (exact) mass is 260 g/mol. The van der Waals surface area contributed by atoms with E-state index in [1.807, 2.05) is 6.92 Å². The fraction of sp³-hybridized carbons (Fsp3) is 0.500. The molecule has 6 nitrogen and oxygen atoms in total. The standard InChI is InChI=1S/C10H16N2O4S/c1-2-8(13)5-6-12-17(15,16)9-3-4-10(14)11-7-9/h3-4,7-8,12-13H,2,5-6H2,1H3,(H,11,14). The Morgan fingerprint density at radius 3 is 2.71 bits per heavy atom. The summed E-state index contributed by atoms with van der Waals surface area (Å²) < 4.78 is 25.7. The van der Waals surface area contributed by atoms with E-state index in [-0.39, 0.29) is 17.0 Å². The van der Waals surface area contributed by atoms with Crippen molar-refractivity contribution in [3.63, 3.8) is 0 Å². The van der Waals surface area contributed by atoms with Crippen LogP contribution in [0.1, 0.15) is 19.8 Å². The van der Waals surface area contributed by atoms with Crippen molar-refractivity contribution >= 4 is 10.0 Å². The van der Waals surface area contributed by atoms with Gasteiger partial charge in [0.1, 0.15) is 0 Å². The molecule has 1 unspecified atom stereocenters. The molecule has 0 fully saturated rings. The summed E-state index contributed by atoms with van der Waals surface area (Å²) >= 11 is 0. The van der Waals surface area contributed by atoms with Crippen LogP contribution in [0.25, 0.3) is 0 Å². The summed E-state index contributed by atoms with van der Waals surface area (Å²) in [5.41, 5.74) is -0.356. The third-order valence-electron chi connectivity index (χ3n) is 2.31. The molecule has 96 valence electrons. The third-order valence-corrected chi connectivity index (χ3v) is 3.77. The maximum absolute atomic E-state index is 11.7. The summed E-state index contributed by atoms with van der Waals surface area (Å²) in [5.74, 6) is 0. The van der Waals surface area contributed by atoms with Gasteiger partial charge >= 0.3 is 0 Å². The van der Waals surface area contributed by atoms with E-state index in [1.54, 1.807) is 0 Å². The highest BCUT2D eigenvalue weighted by Gasteiger charge is 2.13. The minimum Gasteiger partial charge on any atom is -0.393 e. The van der Waals surface area contributed by atoms with Crippen LogP contribution in [0.2, 0.25) is 0 Å². The topological polar surface area (TPSA) is 99.3 Å². The number of H-pyrrole nitrogens is 1. The molecule has 0 bridgehead atoms. The Kier molecular flexibility index (Phi) is 4.86. The zero-order valence-electron chi connectivity index (χ0n) is 9.51. The Balaban J connectivity index is 2.63. The first-order valence-corrected chi connectivity index (χ1v) is 6.80. The van der Waals surface area contributed by atoms with Gasteiger partial charge in [0.05, 0.1) is 11.0 Å². The van der Waals surface area contributed by atoms with E-state index in [1.165, 1.54) is 6.07 Å². The van der Waals surface area contributed by atoms with E-state index in [0.29, 0.717) is 12.8 Å². The molecule has 0 aromatic carbocycles. The number of pyridine rings is 1. The first kappa shape index (κ1) is 13.9. The van der Waals surface area contributed by atoms with Gasteiger partial charge in [0.25, 0.3) is 0 Å². The number of nitrogens with one attached hydrogen (secondary N) is 2. The molecular weight excluding hydrogens is 244 g/mol. The normalized spacial score (nSPS) is 13.5. The summed E-state index contributed by atoms with van der Waals surface area (Å²) in [5, 5.41) is 9.28. The molecule has 0 spiro atoms. The Labute approximate surface area is 99.7 Å². The number of hydrogen-bond acceptors (Lipinski definition) is 4. The maximum Gasteiger partial charge on any atom is 0.247 e. The van der Waals surface area contributed by atoms with E-state index in [0.717, 1.165) is 12.3 Å². The molecule has 0 aliphatic rings. The van der Waals surface area contributed by atoms with Crippen LogP contribution in [-0.4, -0.2) is 31.2 Å². The van der Waals surface area contributed by atoms with Crippen LogP contribution in [0.15, 0.2) is 28.0 Å². The van der Waals surface area contributed by atoms with E-state index in [4.69, 9.17) is 0 Å². The summed E-state index contributed by atoms with van der Waals surface area (Å²) in [4.78, 5) is 13.1. The van der Waals surface area contributed by atoms with Crippen molar-refractivity contribution < 1.29 is 13.5 Å². The predicted octanol–water partition coefficient (Wildman–Crippen LogP) is -0.186. The fourth-order valence-corrected chi connectivity index (χ4v) is 2.23. The molecule has 1 rings (SSSR count). The Morgan fingerprint density at radius 1 is 1.47 bits per heavy atom. The summed E-state index contributed by atoms with van der Waals surface area (Å²) in [7, 11) is -3.61. The number of rotatable bonds is 6. The molecule has 0 aliphatic carbocycles. The van der Waals surface area contributed by atoms with Crippen LogP contribution in [0.3, 0.4) is 0 Å². The molecule has 1 aromatic rings. The van der Waals surface area contributed by atoms with Crippen molar-refractivity contribution in [3.8, 4) is 0 Å². The number of sulfonamides is 1. The van der Waals surface area contributed by atoms with Crippen LogP contribution < -0.4 is 10.3 Å². The molecule has 7 heteroatoms. The molecule has 0 saturated carbocycles. The first-order valence-electron chi connectivity index (χ1n) is 5.32. The Morgan fingerprint density at radius 2 is 2.18 bits per heavy atom. The number of hydrogen-bond donors (Lipinski definition) is 3. The largest absolute Gasteiger partial charge is 0.393 e. The average molecular weight is 260 g/mol. The van der Waals surface area contributed by atoms with Gasteiger partial charge in [-0.2, -0.15) is 0 Å². The van der Waals surface area contributed by atoms with Gasteiger partial charge in [0, 0.05) is 18.8 Å². The molecular formula is C10H16N2O4S. The Bertz CT molecular complexity index is 489. The summed E-state index contributed by atoms with van der Waals surface area (Å²) in [6, 6.07) is 2.38. The lowest BCUT2D eigenvalue weighted by Gasteiger charge is -2.09. The van der Waals surface area contributed by atoms with Gasteiger partial charge < -0.3 is 10.1 Å². The van der Waals surface area contributed by atoms with Gasteiger partial charge in [-0.05, 0) is 18.9 Å². The molecule has 0 saturated heterocycles. The zero-order valence-corrected chi connectivity index (χ0v) is 10.3. The van der Waals surface area contributed by atoms with Crippen molar-refractivity contribution in [1.29, 1.82) is 0 Å². The van der Waals surface area contributed by atoms with Crippen LogP contribution >= 0.6 is 0 Å². The lowest BCUT2D eigenvalue weighted by atomic mass is 10.2. The minimum absolute atomic E-state index is 0.00286. The highest BCUT2D eigenvalue weighted by Crippen LogP contribution is 2.04. The Hall–Kier alpha value is -1.18. The molecule has 3 N–H and O–H groups in total.